The molecule has 3 fully saturated rings. The van der Waals surface area contributed by atoms with Crippen molar-refractivity contribution in [1.29, 1.82) is 0 Å². The highest BCUT2D eigenvalue weighted by molar-refractivity contribution is 6.74. The van der Waals surface area contributed by atoms with E-state index in [1.54, 1.807) is 5.57 Å². The molecule has 0 saturated heterocycles. The summed E-state index contributed by atoms with van der Waals surface area (Å²) in [7, 11) is -1.68. The minimum atomic E-state index is -1.68. The maximum Gasteiger partial charge on any atom is 0.192 e. The van der Waals surface area contributed by atoms with Crippen LogP contribution in [0.5, 0.6) is 0 Å². The molecule has 0 N–H and O–H groups in total. The van der Waals surface area contributed by atoms with E-state index >= 15 is 0 Å². The third-order valence-electron chi connectivity index (χ3n) is 11.7. The van der Waals surface area contributed by atoms with Crippen molar-refractivity contribution < 1.29 is 4.43 Å². The average Bonchev–Trinajstić information content (AvgIpc) is 3.04. The SMILES string of the molecule is CC[C@H](C)[C@H]1CC[C@H]2[C@@H]3CC=C4C[C@@H](O[Si](C)(C)C(C)(C)C)CC[C@]4(C)[C@H]3CC[C@]12C. The predicted molar refractivity (Wildman–Crippen MR) is 137 cm³/mol. The minimum Gasteiger partial charge on any atom is -0.414 e. The Hall–Kier alpha value is -0.0831. The Labute approximate surface area is 195 Å². The van der Waals surface area contributed by atoms with Crippen molar-refractivity contribution in [2.45, 2.75) is 130 Å². The molecule has 0 aromatic carbocycles. The third kappa shape index (κ3) is 3.84. The van der Waals surface area contributed by atoms with Gasteiger partial charge in [0.05, 0.1) is 0 Å². The van der Waals surface area contributed by atoms with Gasteiger partial charge in [0.15, 0.2) is 8.32 Å². The fraction of sp³-hybridized carbons (Fsp3) is 0.931. The van der Waals surface area contributed by atoms with Crippen LogP contribution in [0.25, 0.3) is 0 Å². The van der Waals surface area contributed by atoms with Gasteiger partial charge >= 0.3 is 0 Å². The maximum absolute atomic E-state index is 6.91. The Bertz CT molecular complexity index is 702. The molecule has 0 heterocycles. The first-order valence-corrected chi connectivity index (χ1v) is 16.6. The van der Waals surface area contributed by atoms with Gasteiger partial charge in [-0.1, -0.05) is 66.5 Å². The highest BCUT2D eigenvalue weighted by Gasteiger charge is 2.59. The summed E-state index contributed by atoms with van der Waals surface area (Å²) in [6.07, 6.45) is 15.7. The van der Waals surface area contributed by atoms with Crippen LogP contribution in [0.4, 0.5) is 0 Å². The lowest BCUT2D eigenvalue weighted by atomic mass is 9.47. The predicted octanol–water partition coefficient (Wildman–Crippen LogP) is 9.00. The summed E-state index contributed by atoms with van der Waals surface area (Å²) >= 11 is 0. The molecule has 4 aliphatic carbocycles. The van der Waals surface area contributed by atoms with Crippen LogP contribution in [-0.4, -0.2) is 14.4 Å². The molecule has 8 atom stereocenters. The third-order valence-corrected chi connectivity index (χ3v) is 16.3. The van der Waals surface area contributed by atoms with E-state index in [4.69, 9.17) is 4.43 Å². The second kappa shape index (κ2) is 8.00. The molecule has 0 aromatic heterocycles. The summed E-state index contributed by atoms with van der Waals surface area (Å²) in [5, 5.41) is 0.308. The first-order valence-electron chi connectivity index (χ1n) is 13.7. The normalized spacial score (nSPS) is 44.2. The molecule has 4 aliphatic rings. The summed E-state index contributed by atoms with van der Waals surface area (Å²) in [6, 6.07) is 0. The second-order valence-electron chi connectivity index (χ2n) is 14.1. The van der Waals surface area contributed by atoms with Crippen LogP contribution in [0, 0.1) is 40.4 Å². The van der Waals surface area contributed by atoms with Crippen molar-refractivity contribution in [2.75, 3.05) is 0 Å². The van der Waals surface area contributed by atoms with E-state index < -0.39 is 8.32 Å². The Kier molecular flexibility index (Phi) is 6.21. The molecule has 2 heteroatoms. The van der Waals surface area contributed by atoms with Gasteiger partial charge in [0.1, 0.15) is 0 Å². The Morgan fingerprint density at radius 3 is 2.42 bits per heavy atom. The molecule has 0 radical (unpaired) electrons. The highest BCUT2D eigenvalue weighted by atomic mass is 28.4. The van der Waals surface area contributed by atoms with Gasteiger partial charge in [-0.2, -0.15) is 0 Å². The van der Waals surface area contributed by atoms with Gasteiger partial charge in [-0.3, -0.25) is 0 Å². The van der Waals surface area contributed by atoms with E-state index in [-0.39, 0.29) is 0 Å². The number of fused-ring (bicyclic) bond motifs is 5. The zero-order valence-corrected chi connectivity index (χ0v) is 23.3. The first-order chi connectivity index (χ1) is 14.3. The van der Waals surface area contributed by atoms with E-state index in [2.05, 4.69) is 67.6 Å². The average molecular weight is 445 g/mol. The van der Waals surface area contributed by atoms with Crippen LogP contribution in [0.1, 0.15) is 106 Å². The fourth-order valence-electron chi connectivity index (χ4n) is 8.58. The Morgan fingerprint density at radius 2 is 1.77 bits per heavy atom. The van der Waals surface area contributed by atoms with Crippen LogP contribution < -0.4 is 0 Å². The summed E-state index contributed by atoms with van der Waals surface area (Å²) in [5.74, 6) is 4.71. The minimum absolute atomic E-state index is 0.308. The summed E-state index contributed by atoms with van der Waals surface area (Å²) in [5.41, 5.74) is 2.84. The molecule has 3 saturated carbocycles. The summed E-state index contributed by atoms with van der Waals surface area (Å²) in [4.78, 5) is 0. The second-order valence-corrected chi connectivity index (χ2v) is 18.9. The fourth-order valence-corrected chi connectivity index (χ4v) is 9.97. The number of hydrogen-bond acceptors (Lipinski definition) is 1. The highest BCUT2D eigenvalue weighted by Crippen LogP contribution is 2.67. The van der Waals surface area contributed by atoms with Gasteiger partial charge in [-0.05, 0) is 110 Å². The van der Waals surface area contributed by atoms with E-state index in [0.717, 1.165) is 29.6 Å². The lowest BCUT2D eigenvalue weighted by Gasteiger charge is -2.59. The lowest BCUT2D eigenvalue weighted by molar-refractivity contribution is -0.0561. The maximum atomic E-state index is 6.91. The standard InChI is InChI=1S/C29H52OSi/c1-10-20(2)24-13-14-25-23-12-11-21-19-22(30-31(8,9)27(3,4)5)15-17-28(21,6)26(23)16-18-29(24,25)7/h11,20,22-26H,10,12-19H2,1-9H3/t20-,22-,23-,24+,25-,26-,28-,29+/m0/s1. The molecule has 31 heavy (non-hydrogen) atoms. The van der Waals surface area contributed by atoms with Gasteiger partial charge in [0.2, 0.25) is 0 Å². The monoisotopic (exact) mass is 444 g/mol. The molecule has 0 bridgehead atoms. The quantitative estimate of drug-likeness (QED) is 0.310. The van der Waals surface area contributed by atoms with Crippen molar-refractivity contribution in [1.82, 2.24) is 0 Å². The van der Waals surface area contributed by atoms with E-state index in [1.165, 1.54) is 57.8 Å². The van der Waals surface area contributed by atoms with E-state index in [9.17, 15) is 0 Å². The molecule has 0 spiro atoms. The zero-order valence-electron chi connectivity index (χ0n) is 22.3. The van der Waals surface area contributed by atoms with Crippen LogP contribution in [0.3, 0.4) is 0 Å². The molecule has 4 rings (SSSR count). The van der Waals surface area contributed by atoms with E-state index in [1.807, 2.05) is 0 Å². The topological polar surface area (TPSA) is 9.23 Å². The first kappa shape index (κ1) is 24.1. The van der Waals surface area contributed by atoms with E-state index in [0.29, 0.717) is 22.0 Å². The number of hydrogen-bond donors (Lipinski definition) is 0. The largest absolute Gasteiger partial charge is 0.414 e. The Morgan fingerprint density at radius 1 is 1.06 bits per heavy atom. The lowest BCUT2D eigenvalue weighted by Crippen LogP contribution is -2.52. The Balaban J connectivity index is 1.52. The van der Waals surface area contributed by atoms with Gasteiger partial charge in [-0.25, -0.2) is 0 Å². The van der Waals surface area contributed by atoms with Crippen LogP contribution in [0.2, 0.25) is 18.1 Å². The molecule has 0 unspecified atom stereocenters. The number of allylic oxidation sites excluding steroid dienone is 1. The van der Waals surface area contributed by atoms with Gasteiger partial charge in [-0.15, -0.1) is 0 Å². The summed E-state index contributed by atoms with van der Waals surface area (Å²) in [6.45, 7) is 22.3. The van der Waals surface area contributed by atoms with Gasteiger partial charge < -0.3 is 4.43 Å². The molecule has 0 aromatic rings. The van der Waals surface area contributed by atoms with Crippen molar-refractivity contribution >= 4 is 8.32 Å². The molecule has 178 valence electrons. The molecular formula is C29H52OSi. The molecule has 0 aliphatic heterocycles. The van der Waals surface area contributed by atoms with Gasteiger partial charge in [0, 0.05) is 6.10 Å². The molecule has 0 amide bonds. The van der Waals surface area contributed by atoms with Crippen LogP contribution in [0.15, 0.2) is 11.6 Å². The molecular weight excluding hydrogens is 392 g/mol. The van der Waals surface area contributed by atoms with Crippen molar-refractivity contribution in [3.8, 4) is 0 Å². The van der Waals surface area contributed by atoms with Crippen molar-refractivity contribution in [3.05, 3.63) is 11.6 Å². The van der Waals surface area contributed by atoms with Gasteiger partial charge in [0.25, 0.3) is 0 Å². The summed E-state index contributed by atoms with van der Waals surface area (Å²) < 4.78 is 6.91. The van der Waals surface area contributed by atoms with Crippen molar-refractivity contribution in [2.24, 2.45) is 40.4 Å². The smallest absolute Gasteiger partial charge is 0.192 e. The molecule has 1 nitrogen and oxygen atoms in total. The van der Waals surface area contributed by atoms with Crippen molar-refractivity contribution in [3.63, 3.8) is 0 Å². The number of rotatable bonds is 4. The van der Waals surface area contributed by atoms with Crippen LogP contribution >= 0.6 is 0 Å². The van der Waals surface area contributed by atoms with Crippen LogP contribution in [-0.2, 0) is 4.43 Å². The zero-order chi connectivity index (χ0) is 22.8.